The molecule has 0 heterocycles. The first-order valence-corrected chi connectivity index (χ1v) is 7.15. The highest BCUT2D eigenvalue weighted by Crippen LogP contribution is 2.20. The largest absolute Gasteiger partial charge is 0.322 e. The Bertz CT molecular complexity index is 832. The molecular weight excluding hydrogens is 323 g/mol. The summed E-state index contributed by atoms with van der Waals surface area (Å²) in [4.78, 5) is 10.8. The van der Waals surface area contributed by atoms with Gasteiger partial charge in [-0.2, -0.15) is 8.42 Å². The number of rotatable bonds is 3. The first-order valence-electron chi connectivity index (χ1n) is 5.71. The van der Waals surface area contributed by atoms with Crippen LogP contribution in [0.25, 0.3) is 0 Å². The Balaban J connectivity index is 2.33. The van der Waals surface area contributed by atoms with Gasteiger partial charge in [-0.1, -0.05) is 0 Å². The lowest BCUT2D eigenvalue weighted by Crippen LogP contribution is -2.13. The molecule has 0 saturated heterocycles. The number of carbonyl (C=O) groups is 1. The molecule has 2 N–H and O–H groups in total. The molecule has 5 nitrogen and oxygen atoms in total. The van der Waals surface area contributed by atoms with Crippen LogP contribution in [0.3, 0.4) is 0 Å². The van der Waals surface area contributed by atoms with Gasteiger partial charge in [0, 0.05) is 17.3 Å². The van der Waals surface area contributed by atoms with E-state index < -0.39 is 38.4 Å². The van der Waals surface area contributed by atoms with Crippen molar-refractivity contribution >= 4 is 21.7 Å². The van der Waals surface area contributed by atoms with Crippen LogP contribution in [0.2, 0.25) is 0 Å². The number of nitrogens with one attached hydrogen (secondary N) is 1. The maximum atomic E-state index is 13.3. The van der Waals surface area contributed by atoms with E-state index in [0.29, 0.717) is 18.2 Å². The van der Waals surface area contributed by atoms with Crippen molar-refractivity contribution < 1.29 is 30.9 Å². The van der Waals surface area contributed by atoms with E-state index in [9.17, 15) is 26.4 Å². The van der Waals surface area contributed by atoms with Gasteiger partial charge in [0.15, 0.2) is 0 Å². The highest BCUT2D eigenvalue weighted by Gasteiger charge is 2.17. The summed E-state index contributed by atoms with van der Waals surface area (Å²) in [6, 6.07) is 4.53. The smallest absolute Gasteiger partial charge is 0.297 e. The standard InChI is InChI=1S/C13H8F3NO4S/c14-8-3-7(4-9(15)5-8)13(18)17-10-1-2-11(16)12(6-10)22(19,20)21/h1-6H,(H,17,18)(H,19,20,21). The Morgan fingerprint density at radius 2 is 1.59 bits per heavy atom. The monoisotopic (exact) mass is 331 g/mol. The Labute approximate surface area is 123 Å². The van der Waals surface area contributed by atoms with Gasteiger partial charge in [0.05, 0.1) is 0 Å². The van der Waals surface area contributed by atoms with Crippen molar-refractivity contribution in [2.45, 2.75) is 4.90 Å². The summed E-state index contributed by atoms with van der Waals surface area (Å²) in [6.07, 6.45) is 0. The fourth-order valence-electron chi connectivity index (χ4n) is 1.67. The number of carbonyl (C=O) groups excluding carboxylic acids is 1. The van der Waals surface area contributed by atoms with E-state index in [1.54, 1.807) is 0 Å². The summed E-state index contributed by atoms with van der Waals surface area (Å²) in [6.45, 7) is 0. The van der Waals surface area contributed by atoms with Crippen molar-refractivity contribution in [3.05, 3.63) is 59.4 Å². The minimum atomic E-state index is -4.82. The third-order valence-electron chi connectivity index (χ3n) is 2.59. The van der Waals surface area contributed by atoms with Crippen LogP contribution in [0.5, 0.6) is 0 Å². The van der Waals surface area contributed by atoms with E-state index in [1.807, 2.05) is 0 Å². The summed E-state index contributed by atoms with van der Waals surface area (Å²) in [5.41, 5.74) is -0.529. The van der Waals surface area contributed by atoms with Crippen LogP contribution in [-0.2, 0) is 10.1 Å². The van der Waals surface area contributed by atoms with E-state index in [0.717, 1.165) is 18.2 Å². The van der Waals surface area contributed by atoms with Crippen LogP contribution < -0.4 is 5.32 Å². The minimum absolute atomic E-state index is 0.177. The summed E-state index contributed by atoms with van der Waals surface area (Å²) in [5, 5.41) is 2.14. The Morgan fingerprint density at radius 3 is 2.14 bits per heavy atom. The van der Waals surface area contributed by atoms with E-state index in [-0.39, 0.29) is 11.3 Å². The van der Waals surface area contributed by atoms with Gasteiger partial charge >= 0.3 is 0 Å². The molecule has 2 aromatic rings. The van der Waals surface area contributed by atoms with Crippen LogP contribution in [0, 0.1) is 17.5 Å². The average molecular weight is 331 g/mol. The fourth-order valence-corrected chi connectivity index (χ4v) is 2.26. The average Bonchev–Trinajstić information content (AvgIpc) is 2.38. The third kappa shape index (κ3) is 3.62. The van der Waals surface area contributed by atoms with E-state index >= 15 is 0 Å². The Kier molecular flexibility index (Phi) is 4.20. The molecule has 2 rings (SSSR count). The predicted octanol–water partition coefficient (Wildman–Crippen LogP) is 2.60. The maximum Gasteiger partial charge on any atom is 0.297 e. The van der Waals surface area contributed by atoms with Crippen LogP contribution in [0.15, 0.2) is 41.3 Å². The molecule has 0 bridgehead atoms. The molecule has 0 aliphatic heterocycles. The quantitative estimate of drug-likeness (QED) is 0.847. The van der Waals surface area contributed by atoms with Gasteiger partial charge in [0.25, 0.3) is 16.0 Å². The van der Waals surface area contributed by atoms with E-state index in [2.05, 4.69) is 5.32 Å². The second-order valence-corrected chi connectivity index (χ2v) is 5.62. The van der Waals surface area contributed by atoms with Crippen molar-refractivity contribution in [3.8, 4) is 0 Å². The summed E-state index contributed by atoms with van der Waals surface area (Å²) < 4.78 is 70.1. The van der Waals surface area contributed by atoms with Gasteiger partial charge in [-0.05, 0) is 30.3 Å². The summed E-state index contributed by atoms with van der Waals surface area (Å²) in [5.74, 6) is -4.09. The van der Waals surface area contributed by atoms with Crippen LogP contribution >= 0.6 is 0 Å². The van der Waals surface area contributed by atoms with Gasteiger partial charge < -0.3 is 5.32 Å². The molecule has 0 aromatic heterocycles. The van der Waals surface area contributed by atoms with Crippen LogP contribution in [0.4, 0.5) is 18.9 Å². The molecular formula is C13H8F3NO4S. The van der Waals surface area contributed by atoms with Gasteiger partial charge in [-0.15, -0.1) is 0 Å². The van der Waals surface area contributed by atoms with Crippen LogP contribution in [-0.4, -0.2) is 18.9 Å². The minimum Gasteiger partial charge on any atom is -0.322 e. The number of halogens is 3. The molecule has 0 aliphatic rings. The van der Waals surface area contributed by atoms with Crippen molar-refractivity contribution in [3.63, 3.8) is 0 Å². The highest BCUT2D eigenvalue weighted by atomic mass is 32.2. The lowest BCUT2D eigenvalue weighted by molar-refractivity contribution is 0.102. The molecule has 0 radical (unpaired) electrons. The second-order valence-electron chi connectivity index (χ2n) is 4.23. The normalized spacial score (nSPS) is 11.3. The lowest BCUT2D eigenvalue weighted by Gasteiger charge is -2.07. The molecule has 0 fully saturated rings. The Hall–Kier alpha value is -2.39. The first kappa shape index (κ1) is 16.0. The molecule has 116 valence electrons. The highest BCUT2D eigenvalue weighted by molar-refractivity contribution is 7.85. The fraction of sp³-hybridized carbons (Fsp3) is 0. The van der Waals surface area contributed by atoms with Gasteiger partial charge in [-0.25, -0.2) is 13.2 Å². The lowest BCUT2D eigenvalue weighted by atomic mass is 10.2. The number of anilines is 1. The van der Waals surface area contributed by atoms with Gasteiger partial charge in [0.1, 0.15) is 22.3 Å². The number of amides is 1. The number of hydrogen-bond acceptors (Lipinski definition) is 3. The molecule has 0 atom stereocenters. The van der Waals surface area contributed by atoms with Gasteiger partial charge in [-0.3, -0.25) is 9.35 Å². The van der Waals surface area contributed by atoms with Crippen molar-refractivity contribution in [1.29, 1.82) is 0 Å². The maximum absolute atomic E-state index is 13.3. The first-order chi connectivity index (χ1) is 10.2. The molecule has 2 aromatic carbocycles. The topological polar surface area (TPSA) is 83.5 Å². The molecule has 22 heavy (non-hydrogen) atoms. The molecule has 9 heteroatoms. The summed E-state index contributed by atoms with van der Waals surface area (Å²) >= 11 is 0. The van der Waals surface area contributed by atoms with Crippen LogP contribution in [0.1, 0.15) is 10.4 Å². The zero-order valence-electron chi connectivity index (χ0n) is 10.7. The SMILES string of the molecule is O=C(Nc1ccc(F)c(S(=O)(=O)O)c1)c1cc(F)cc(F)c1. The number of hydrogen-bond donors (Lipinski definition) is 2. The molecule has 0 aliphatic carbocycles. The third-order valence-corrected chi connectivity index (χ3v) is 3.46. The second kappa shape index (κ2) is 5.78. The van der Waals surface area contributed by atoms with E-state index in [4.69, 9.17) is 4.55 Å². The van der Waals surface area contributed by atoms with Crippen molar-refractivity contribution in [2.24, 2.45) is 0 Å². The Morgan fingerprint density at radius 1 is 1.00 bits per heavy atom. The molecule has 1 amide bonds. The zero-order chi connectivity index (χ0) is 16.5. The predicted molar refractivity (Wildman–Crippen MR) is 70.5 cm³/mol. The zero-order valence-corrected chi connectivity index (χ0v) is 11.5. The molecule has 0 saturated carbocycles. The van der Waals surface area contributed by atoms with Crippen molar-refractivity contribution in [2.75, 3.05) is 5.32 Å². The molecule has 0 unspecified atom stereocenters. The van der Waals surface area contributed by atoms with Crippen molar-refractivity contribution in [1.82, 2.24) is 0 Å². The van der Waals surface area contributed by atoms with Gasteiger partial charge in [0.2, 0.25) is 0 Å². The van der Waals surface area contributed by atoms with E-state index in [1.165, 1.54) is 0 Å². The number of benzene rings is 2. The molecule has 0 spiro atoms. The summed E-state index contributed by atoms with van der Waals surface area (Å²) in [7, 11) is -4.82.